The zero-order valence-corrected chi connectivity index (χ0v) is 10.3. The molecular formula is C12H15N3O4. The van der Waals surface area contributed by atoms with E-state index in [-0.39, 0.29) is 17.7 Å². The molecule has 0 heterocycles. The van der Waals surface area contributed by atoms with E-state index >= 15 is 0 Å². The van der Waals surface area contributed by atoms with Gasteiger partial charge in [0, 0.05) is 29.8 Å². The monoisotopic (exact) mass is 265 g/mol. The minimum atomic E-state index is -0.520. The van der Waals surface area contributed by atoms with Crippen molar-refractivity contribution >= 4 is 17.4 Å². The number of anilines is 1. The van der Waals surface area contributed by atoms with E-state index in [1.165, 1.54) is 18.2 Å². The zero-order valence-electron chi connectivity index (χ0n) is 10.3. The minimum absolute atomic E-state index is 0.0596. The molecule has 3 N–H and O–H groups in total. The van der Waals surface area contributed by atoms with Crippen molar-refractivity contribution < 1.29 is 14.8 Å². The number of urea groups is 1. The Labute approximate surface area is 109 Å². The van der Waals surface area contributed by atoms with Crippen molar-refractivity contribution in [3.8, 4) is 0 Å². The first kappa shape index (κ1) is 13.3. The first-order valence-corrected chi connectivity index (χ1v) is 5.95. The molecule has 1 fully saturated rings. The molecule has 1 aliphatic rings. The van der Waals surface area contributed by atoms with Crippen molar-refractivity contribution in [1.82, 2.24) is 5.32 Å². The summed E-state index contributed by atoms with van der Waals surface area (Å²) >= 11 is 0. The minimum Gasteiger partial charge on any atom is -0.396 e. The fourth-order valence-electron chi connectivity index (χ4n) is 1.71. The molecular weight excluding hydrogens is 250 g/mol. The highest BCUT2D eigenvalue weighted by molar-refractivity contribution is 5.89. The topological polar surface area (TPSA) is 104 Å². The van der Waals surface area contributed by atoms with Gasteiger partial charge in [-0.3, -0.25) is 10.1 Å². The number of nitrogens with one attached hydrogen (secondary N) is 2. The third-order valence-corrected chi connectivity index (χ3v) is 3.23. The highest BCUT2D eigenvalue weighted by Gasteiger charge is 2.42. The lowest BCUT2D eigenvalue weighted by atomic mass is 10.1. The first-order valence-electron chi connectivity index (χ1n) is 5.95. The number of rotatable bonds is 5. The van der Waals surface area contributed by atoms with Crippen LogP contribution in [0.2, 0.25) is 0 Å². The van der Waals surface area contributed by atoms with Gasteiger partial charge in [-0.2, -0.15) is 0 Å². The molecule has 0 aromatic heterocycles. The summed E-state index contributed by atoms with van der Waals surface area (Å²) in [6.07, 6.45) is 1.81. The van der Waals surface area contributed by atoms with E-state index in [0.717, 1.165) is 12.8 Å². The fraction of sp³-hybridized carbons (Fsp3) is 0.417. The molecule has 0 unspecified atom stereocenters. The molecule has 0 atom stereocenters. The van der Waals surface area contributed by atoms with E-state index < -0.39 is 11.0 Å². The van der Waals surface area contributed by atoms with Gasteiger partial charge in [0.1, 0.15) is 0 Å². The van der Waals surface area contributed by atoms with E-state index in [4.69, 9.17) is 5.11 Å². The second-order valence-electron chi connectivity index (χ2n) is 4.77. The van der Waals surface area contributed by atoms with Crippen molar-refractivity contribution in [3.63, 3.8) is 0 Å². The Hall–Kier alpha value is -2.15. The summed E-state index contributed by atoms with van der Waals surface area (Å²) in [7, 11) is 0. The van der Waals surface area contributed by atoms with Crippen LogP contribution in [0.1, 0.15) is 12.8 Å². The van der Waals surface area contributed by atoms with Gasteiger partial charge in [-0.05, 0) is 18.9 Å². The first-order chi connectivity index (χ1) is 9.04. The highest BCUT2D eigenvalue weighted by atomic mass is 16.6. The zero-order chi connectivity index (χ0) is 13.9. The second-order valence-corrected chi connectivity index (χ2v) is 4.77. The lowest BCUT2D eigenvalue weighted by Gasteiger charge is -2.13. The van der Waals surface area contributed by atoms with Gasteiger partial charge < -0.3 is 15.7 Å². The Morgan fingerprint density at radius 1 is 1.47 bits per heavy atom. The second kappa shape index (κ2) is 5.23. The van der Waals surface area contributed by atoms with Gasteiger partial charge in [0.2, 0.25) is 0 Å². The molecule has 1 aliphatic carbocycles. The van der Waals surface area contributed by atoms with Crippen LogP contribution in [0.5, 0.6) is 0 Å². The number of benzene rings is 1. The molecule has 1 aromatic carbocycles. The number of hydrogen-bond acceptors (Lipinski definition) is 4. The van der Waals surface area contributed by atoms with Crippen LogP contribution in [-0.2, 0) is 0 Å². The van der Waals surface area contributed by atoms with Crippen LogP contribution in [0.3, 0.4) is 0 Å². The predicted molar refractivity (Wildman–Crippen MR) is 68.9 cm³/mol. The standard InChI is InChI=1S/C12H15N3O4/c16-8-12(4-5-12)7-13-11(17)14-9-2-1-3-10(6-9)15(18)19/h1-3,6,16H,4-5,7-8H2,(H2,13,14,17). The average Bonchev–Trinajstić information content (AvgIpc) is 3.17. The third-order valence-electron chi connectivity index (χ3n) is 3.23. The number of carbonyl (C=O) groups excluding carboxylic acids is 1. The molecule has 0 radical (unpaired) electrons. The van der Waals surface area contributed by atoms with E-state index in [1.54, 1.807) is 6.07 Å². The maximum absolute atomic E-state index is 11.6. The van der Waals surface area contributed by atoms with E-state index in [2.05, 4.69) is 10.6 Å². The maximum atomic E-state index is 11.6. The largest absolute Gasteiger partial charge is 0.396 e. The quantitative estimate of drug-likeness (QED) is 0.554. The molecule has 7 nitrogen and oxygen atoms in total. The average molecular weight is 265 g/mol. The Bertz CT molecular complexity index is 500. The van der Waals surface area contributed by atoms with Crippen molar-refractivity contribution in [2.45, 2.75) is 12.8 Å². The summed E-state index contributed by atoms with van der Waals surface area (Å²) in [5.74, 6) is 0. The number of nitrogens with zero attached hydrogens (tertiary/aromatic N) is 1. The molecule has 0 bridgehead atoms. The Morgan fingerprint density at radius 2 is 2.21 bits per heavy atom. The molecule has 19 heavy (non-hydrogen) atoms. The summed E-state index contributed by atoms with van der Waals surface area (Å²) in [5.41, 5.74) is 0.118. The number of nitro groups is 1. The molecule has 1 saturated carbocycles. The van der Waals surface area contributed by atoms with Crippen LogP contribution in [0.25, 0.3) is 0 Å². The fourth-order valence-corrected chi connectivity index (χ4v) is 1.71. The number of nitro benzene ring substituents is 1. The molecule has 0 aliphatic heterocycles. The summed E-state index contributed by atoms with van der Waals surface area (Å²) in [4.78, 5) is 21.7. The number of non-ortho nitro benzene ring substituents is 1. The van der Waals surface area contributed by atoms with E-state index in [1.807, 2.05) is 0 Å². The van der Waals surface area contributed by atoms with E-state index in [0.29, 0.717) is 12.2 Å². The Balaban J connectivity index is 1.88. The van der Waals surface area contributed by atoms with Gasteiger partial charge in [0.25, 0.3) is 5.69 Å². The van der Waals surface area contributed by atoms with Crippen molar-refractivity contribution in [2.24, 2.45) is 5.41 Å². The van der Waals surface area contributed by atoms with E-state index in [9.17, 15) is 14.9 Å². The van der Waals surface area contributed by atoms with Crippen LogP contribution < -0.4 is 10.6 Å². The van der Waals surface area contributed by atoms with Crippen LogP contribution in [0, 0.1) is 15.5 Å². The molecule has 102 valence electrons. The summed E-state index contributed by atoms with van der Waals surface area (Å²) in [5, 5.41) is 24.9. The number of aliphatic hydroxyl groups excluding tert-OH is 1. The van der Waals surface area contributed by atoms with Crippen LogP contribution in [0.15, 0.2) is 24.3 Å². The van der Waals surface area contributed by atoms with Gasteiger partial charge in [-0.1, -0.05) is 6.07 Å². The third kappa shape index (κ3) is 3.41. The molecule has 2 rings (SSSR count). The van der Waals surface area contributed by atoms with Gasteiger partial charge in [0.05, 0.1) is 11.5 Å². The van der Waals surface area contributed by atoms with Crippen LogP contribution in [-0.4, -0.2) is 29.2 Å². The van der Waals surface area contributed by atoms with Crippen molar-refractivity contribution in [3.05, 3.63) is 34.4 Å². The number of amides is 2. The number of hydrogen-bond donors (Lipinski definition) is 3. The highest BCUT2D eigenvalue weighted by Crippen LogP contribution is 2.44. The SMILES string of the molecule is O=C(NCC1(CO)CC1)Nc1cccc([N+](=O)[O-])c1. The van der Waals surface area contributed by atoms with Gasteiger partial charge in [0.15, 0.2) is 0 Å². The molecule has 0 saturated heterocycles. The number of aliphatic hydroxyl groups is 1. The lowest BCUT2D eigenvalue weighted by molar-refractivity contribution is -0.384. The van der Waals surface area contributed by atoms with Crippen LogP contribution in [0.4, 0.5) is 16.2 Å². The Kier molecular flexibility index (Phi) is 3.66. The van der Waals surface area contributed by atoms with Gasteiger partial charge >= 0.3 is 6.03 Å². The summed E-state index contributed by atoms with van der Waals surface area (Å²) < 4.78 is 0. The smallest absolute Gasteiger partial charge is 0.319 e. The van der Waals surface area contributed by atoms with Crippen molar-refractivity contribution in [1.29, 1.82) is 0 Å². The predicted octanol–water partition coefficient (Wildman–Crippen LogP) is 1.49. The van der Waals surface area contributed by atoms with Crippen LogP contribution >= 0.6 is 0 Å². The molecule has 2 amide bonds. The molecule has 7 heteroatoms. The molecule has 0 spiro atoms. The van der Waals surface area contributed by atoms with Gasteiger partial charge in [-0.25, -0.2) is 4.79 Å². The molecule has 1 aromatic rings. The van der Waals surface area contributed by atoms with Gasteiger partial charge in [-0.15, -0.1) is 0 Å². The summed E-state index contributed by atoms with van der Waals surface area (Å²) in [6, 6.07) is 5.29. The van der Waals surface area contributed by atoms with Crippen molar-refractivity contribution in [2.75, 3.05) is 18.5 Å². The summed E-state index contributed by atoms with van der Waals surface area (Å²) in [6.45, 7) is 0.467. The maximum Gasteiger partial charge on any atom is 0.319 e. The lowest BCUT2D eigenvalue weighted by Crippen LogP contribution is -2.35. The Morgan fingerprint density at radius 3 is 2.79 bits per heavy atom. The normalized spacial score (nSPS) is 15.6. The number of carbonyl (C=O) groups is 1.